The number of methoxy groups -OCH3 is 1. The minimum atomic E-state index is -0.406. The Kier molecular flexibility index (Phi) is 7.22. The summed E-state index contributed by atoms with van der Waals surface area (Å²) >= 11 is 1.48. The van der Waals surface area contributed by atoms with Gasteiger partial charge in [0.15, 0.2) is 5.17 Å². The quantitative estimate of drug-likeness (QED) is 0.543. The Morgan fingerprint density at radius 1 is 1.15 bits per heavy atom. The number of carbonyl (C=O) groups is 2. The standard InChI is InChI=1S/C27H29N3O3S/c1-5-22-24(26(32)33-4)25(21-14-10-9-11-17(21)2)30-20(16-34-27(30)29-22)15-23(31)28-18(3)19-12-7-6-8-13-19/h6-14,16,18,25H,5,15H2,1-4H3,(H,28,31). The largest absolute Gasteiger partial charge is 0.466 e. The van der Waals surface area contributed by atoms with Crippen molar-refractivity contribution in [1.29, 1.82) is 0 Å². The second kappa shape index (κ2) is 10.3. The van der Waals surface area contributed by atoms with Crippen molar-refractivity contribution in [3.8, 4) is 0 Å². The van der Waals surface area contributed by atoms with E-state index in [4.69, 9.17) is 9.73 Å². The number of aliphatic imine (C=N–C) groups is 1. The van der Waals surface area contributed by atoms with E-state index >= 15 is 0 Å². The first-order chi connectivity index (χ1) is 16.4. The fraction of sp³-hybridized carbons (Fsp3) is 0.296. The number of amidine groups is 1. The summed E-state index contributed by atoms with van der Waals surface area (Å²) < 4.78 is 5.18. The van der Waals surface area contributed by atoms with Gasteiger partial charge in [-0.2, -0.15) is 0 Å². The molecule has 0 aliphatic carbocycles. The summed E-state index contributed by atoms with van der Waals surface area (Å²) in [5.41, 5.74) is 5.15. The molecule has 2 aromatic carbocycles. The minimum Gasteiger partial charge on any atom is -0.466 e. The first-order valence-corrected chi connectivity index (χ1v) is 12.3. The lowest BCUT2D eigenvalue weighted by atomic mass is 9.90. The van der Waals surface area contributed by atoms with Crippen LogP contribution in [0.15, 0.2) is 82.0 Å². The smallest absolute Gasteiger partial charge is 0.338 e. The number of ether oxygens (including phenoxy) is 1. The van der Waals surface area contributed by atoms with Gasteiger partial charge >= 0.3 is 5.97 Å². The zero-order valence-corrected chi connectivity index (χ0v) is 20.7. The van der Waals surface area contributed by atoms with Crippen molar-refractivity contribution in [2.45, 2.75) is 45.7 Å². The average Bonchev–Trinajstić information content (AvgIpc) is 3.25. The molecule has 2 aliphatic heterocycles. The number of esters is 1. The highest BCUT2D eigenvalue weighted by Gasteiger charge is 2.41. The number of rotatable bonds is 7. The molecule has 0 spiro atoms. The zero-order chi connectivity index (χ0) is 24.2. The molecule has 0 saturated heterocycles. The lowest BCUT2D eigenvalue weighted by Crippen LogP contribution is -2.38. The molecule has 2 aromatic rings. The summed E-state index contributed by atoms with van der Waals surface area (Å²) in [5, 5.41) is 5.83. The summed E-state index contributed by atoms with van der Waals surface area (Å²) in [7, 11) is 1.39. The molecule has 1 N–H and O–H groups in total. The molecule has 0 saturated carbocycles. The van der Waals surface area contributed by atoms with E-state index < -0.39 is 12.0 Å². The maximum atomic E-state index is 13.0. The monoisotopic (exact) mass is 475 g/mol. The number of hydrogen-bond donors (Lipinski definition) is 1. The van der Waals surface area contributed by atoms with Gasteiger partial charge in [-0.3, -0.25) is 4.79 Å². The van der Waals surface area contributed by atoms with Crippen LogP contribution in [0.2, 0.25) is 0 Å². The van der Waals surface area contributed by atoms with Crippen molar-refractivity contribution in [2.75, 3.05) is 7.11 Å². The van der Waals surface area contributed by atoms with Crippen molar-refractivity contribution in [1.82, 2.24) is 10.2 Å². The van der Waals surface area contributed by atoms with Gasteiger partial charge < -0.3 is 15.0 Å². The Morgan fingerprint density at radius 2 is 1.85 bits per heavy atom. The van der Waals surface area contributed by atoms with Gasteiger partial charge in [-0.05, 0) is 42.4 Å². The van der Waals surface area contributed by atoms with Crippen molar-refractivity contribution in [3.63, 3.8) is 0 Å². The Labute approximate surface area is 204 Å². The predicted octanol–water partition coefficient (Wildman–Crippen LogP) is 5.40. The number of fused-ring (bicyclic) bond motifs is 1. The van der Waals surface area contributed by atoms with Crippen molar-refractivity contribution < 1.29 is 14.3 Å². The number of nitrogens with one attached hydrogen (secondary N) is 1. The minimum absolute atomic E-state index is 0.0853. The second-order valence-corrected chi connectivity index (χ2v) is 9.17. The molecule has 2 unspecified atom stereocenters. The maximum Gasteiger partial charge on any atom is 0.338 e. The molecule has 176 valence electrons. The van der Waals surface area contributed by atoms with Crippen LogP contribution in [-0.2, 0) is 14.3 Å². The van der Waals surface area contributed by atoms with Crippen molar-refractivity contribution in [3.05, 3.63) is 93.7 Å². The summed E-state index contributed by atoms with van der Waals surface area (Å²) in [6, 6.07) is 17.4. The third kappa shape index (κ3) is 4.66. The van der Waals surface area contributed by atoms with Gasteiger partial charge in [0.1, 0.15) is 0 Å². The first-order valence-electron chi connectivity index (χ1n) is 11.4. The maximum absolute atomic E-state index is 13.0. The highest BCUT2D eigenvalue weighted by atomic mass is 32.2. The van der Waals surface area contributed by atoms with Crippen LogP contribution >= 0.6 is 11.8 Å². The Balaban J connectivity index is 1.66. The van der Waals surface area contributed by atoms with Crippen LogP contribution in [0.5, 0.6) is 0 Å². The number of nitrogens with zero attached hydrogens (tertiary/aromatic N) is 2. The molecule has 2 aliphatic rings. The molecule has 0 aromatic heterocycles. The van der Waals surface area contributed by atoms with Crippen LogP contribution in [0, 0.1) is 6.92 Å². The van der Waals surface area contributed by atoms with E-state index in [2.05, 4.69) is 5.32 Å². The molecular weight excluding hydrogens is 446 g/mol. The van der Waals surface area contributed by atoms with Crippen LogP contribution in [0.3, 0.4) is 0 Å². The molecular formula is C27H29N3O3S. The number of hydrogen-bond acceptors (Lipinski definition) is 6. The Bertz CT molecular complexity index is 1190. The number of carbonyl (C=O) groups excluding carboxylic acids is 2. The van der Waals surface area contributed by atoms with Gasteiger partial charge in [0.2, 0.25) is 5.91 Å². The lowest BCUT2D eigenvalue weighted by Gasteiger charge is -2.37. The van der Waals surface area contributed by atoms with Crippen molar-refractivity contribution in [2.24, 2.45) is 4.99 Å². The fourth-order valence-electron chi connectivity index (χ4n) is 4.38. The van der Waals surface area contributed by atoms with Crippen LogP contribution in [0.1, 0.15) is 55.5 Å². The van der Waals surface area contributed by atoms with Crippen LogP contribution in [0.4, 0.5) is 0 Å². The number of thioether (sulfide) groups is 1. The number of aryl methyl sites for hydroxylation is 1. The van der Waals surface area contributed by atoms with E-state index in [0.717, 1.165) is 33.3 Å². The normalized spacial score (nSPS) is 18.1. The van der Waals surface area contributed by atoms with Crippen molar-refractivity contribution >= 4 is 28.8 Å². The van der Waals surface area contributed by atoms with Crippen LogP contribution in [0.25, 0.3) is 0 Å². The number of amides is 1. The summed E-state index contributed by atoms with van der Waals surface area (Å²) in [4.78, 5) is 32.8. The molecule has 4 rings (SSSR count). The molecule has 0 radical (unpaired) electrons. The zero-order valence-electron chi connectivity index (χ0n) is 19.9. The van der Waals surface area contributed by atoms with Crippen LogP contribution in [-0.4, -0.2) is 29.1 Å². The Hall–Kier alpha value is -3.32. The van der Waals surface area contributed by atoms with Gasteiger partial charge in [-0.25, -0.2) is 9.79 Å². The molecule has 2 atom stereocenters. The second-order valence-electron chi connectivity index (χ2n) is 8.33. The molecule has 0 bridgehead atoms. The topological polar surface area (TPSA) is 71.0 Å². The molecule has 2 heterocycles. The predicted molar refractivity (Wildman–Crippen MR) is 136 cm³/mol. The first kappa shape index (κ1) is 23.8. The SMILES string of the molecule is CCC1=C(C(=O)OC)C(c2ccccc2C)N2C(CC(=O)NC(C)c3ccccc3)=CSC2=N1. The molecule has 6 nitrogen and oxygen atoms in total. The van der Waals surface area contributed by atoms with Gasteiger partial charge in [-0.15, -0.1) is 0 Å². The van der Waals surface area contributed by atoms with E-state index in [1.165, 1.54) is 18.9 Å². The fourth-order valence-corrected chi connectivity index (χ4v) is 5.32. The lowest BCUT2D eigenvalue weighted by molar-refractivity contribution is -0.136. The van der Waals surface area contributed by atoms with Crippen LogP contribution < -0.4 is 5.32 Å². The average molecular weight is 476 g/mol. The third-order valence-corrected chi connectivity index (χ3v) is 7.02. The van der Waals surface area contributed by atoms with Gasteiger partial charge in [-0.1, -0.05) is 73.3 Å². The van der Waals surface area contributed by atoms with E-state index in [1.54, 1.807) is 0 Å². The molecule has 34 heavy (non-hydrogen) atoms. The van der Waals surface area contributed by atoms with Gasteiger partial charge in [0.05, 0.1) is 36.9 Å². The number of allylic oxidation sites excluding steroid dienone is 1. The summed E-state index contributed by atoms with van der Waals surface area (Å²) in [5.74, 6) is -0.482. The van der Waals surface area contributed by atoms with Gasteiger partial charge in [0, 0.05) is 5.70 Å². The summed E-state index contributed by atoms with van der Waals surface area (Å²) in [6.45, 7) is 5.99. The Morgan fingerprint density at radius 3 is 2.53 bits per heavy atom. The van der Waals surface area contributed by atoms with E-state index in [1.807, 2.05) is 85.7 Å². The molecule has 1 amide bonds. The molecule has 0 fully saturated rings. The number of benzene rings is 2. The van der Waals surface area contributed by atoms with E-state index in [0.29, 0.717) is 12.0 Å². The van der Waals surface area contributed by atoms with Gasteiger partial charge in [0.25, 0.3) is 0 Å². The summed E-state index contributed by atoms with van der Waals surface area (Å²) in [6.07, 6.45) is 0.788. The molecule has 7 heteroatoms. The highest BCUT2D eigenvalue weighted by molar-refractivity contribution is 8.16. The van der Waals surface area contributed by atoms with E-state index in [-0.39, 0.29) is 18.4 Å². The highest BCUT2D eigenvalue weighted by Crippen LogP contribution is 2.46. The van der Waals surface area contributed by atoms with E-state index in [9.17, 15) is 9.59 Å². The third-order valence-electron chi connectivity index (χ3n) is 6.13.